The monoisotopic (exact) mass is 468 g/mol. The van der Waals surface area contributed by atoms with Crippen LogP contribution in [0.15, 0.2) is 59.3 Å². The van der Waals surface area contributed by atoms with Gasteiger partial charge in [0.1, 0.15) is 10.7 Å². The third kappa shape index (κ3) is 4.88. The average molecular weight is 469 g/mol. The van der Waals surface area contributed by atoms with Crippen LogP contribution >= 0.6 is 11.6 Å². The van der Waals surface area contributed by atoms with E-state index in [1.54, 1.807) is 48.5 Å². The molecule has 1 saturated carbocycles. The minimum atomic E-state index is -0.540. The topological polar surface area (TPSA) is 84.9 Å². The molecule has 1 aliphatic heterocycles. The Morgan fingerprint density at radius 2 is 1.67 bits per heavy atom. The average Bonchev–Trinajstić information content (AvgIpc) is 3.04. The van der Waals surface area contributed by atoms with E-state index in [2.05, 4.69) is 5.32 Å². The largest absolute Gasteiger partial charge is 0.490 e. The summed E-state index contributed by atoms with van der Waals surface area (Å²) in [5.41, 5.74) is 0.916. The van der Waals surface area contributed by atoms with Crippen molar-refractivity contribution in [1.29, 1.82) is 0 Å². The molecule has 8 heteroatoms. The smallest absolute Gasteiger partial charge is 0.343 e. The number of anilines is 1. The van der Waals surface area contributed by atoms with Crippen LogP contribution in [0.5, 0.6) is 11.5 Å². The molecule has 0 aromatic heterocycles. The lowest BCUT2D eigenvalue weighted by molar-refractivity contribution is -0.140. The van der Waals surface area contributed by atoms with Crippen molar-refractivity contribution in [3.8, 4) is 11.5 Å². The van der Waals surface area contributed by atoms with Gasteiger partial charge in [-0.05, 0) is 56.2 Å². The molecule has 0 bridgehead atoms. The van der Waals surface area contributed by atoms with Crippen LogP contribution in [0, 0.1) is 0 Å². The van der Waals surface area contributed by atoms with E-state index in [9.17, 15) is 14.4 Å². The van der Waals surface area contributed by atoms with Crippen molar-refractivity contribution in [2.24, 2.45) is 0 Å². The molecule has 2 aromatic rings. The molecule has 1 aliphatic carbocycles. The van der Waals surface area contributed by atoms with E-state index >= 15 is 0 Å². The molecule has 172 valence electrons. The Balaban J connectivity index is 1.44. The maximum Gasteiger partial charge on any atom is 0.343 e. The van der Waals surface area contributed by atoms with Crippen molar-refractivity contribution in [3.63, 3.8) is 0 Å². The van der Waals surface area contributed by atoms with Gasteiger partial charge in [0.05, 0.1) is 12.2 Å². The Morgan fingerprint density at radius 3 is 2.33 bits per heavy atom. The number of carbonyl (C=O) groups is 3. The van der Waals surface area contributed by atoms with E-state index in [-0.39, 0.29) is 16.8 Å². The summed E-state index contributed by atoms with van der Waals surface area (Å²) in [6.07, 6.45) is 4.71. The summed E-state index contributed by atoms with van der Waals surface area (Å²) < 4.78 is 10.9. The molecular formula is C25H25ClN2O5. The van der Waals surface area contributed by atoms with E-state index in [1.165, 1.54) is 4.90 Å². The number of hydrogen-bond acceptors (Lipinski definition) is 6. The zero-order valence-electron chi connectivity index (χ0n) is 18.3. The number of halogens is 1. The van der Waals surface area contributed by atoms with Crippen molar-refractivity contribution in [2.75, 3.05) is 11.9 Å². The van der Waals surface area contributed by atoms with Crippen molar-refractivity contribution >= 4 is 35.1 Å². The molecule has 0 unspecified atom stereocenters. The number of hydrogen-bond donors (Lipinski definition) is 1. The summed E-state index contributed by atoms with van der Waals surface area (Å²) in [5, 5.41) is 2.84. The number of esters is 1. The number of carbonyl (C=O) groups excluding carboxylic acids is 3. The van der Waals surface area contributed by atoms with Gasteiger partial charge in [-0.15, -0.1) is 0 Å². The first-order valence-electron chi connectivity index (χ1n) is 11.1. The summed E-state index contributed by atoms with van der Waals surface area (Å²) >= 11 is 6.22. The van der Waals surface area contributed by atoms with Gasteiger partial charge in [0.15, 0.2) is 11.5 Å². The number of nitrogens with one attached hydrogen (secondary N) is 1. The van der Waals surface area contributed by atoms with Crippen molar-refractivity contribution in [3.05, 3.63) is 64.8 Å². The highest BCUT2D eigenvalue weighted by Gasteiger charge is 2.42. The standard InChI is InChI=1S/C25H25ClN2O5/c1-2-32-19-10-6-7-11-20(19)33-25(31)16-12-14-17(15-13-16)27-22-21(26)23(29)28(24(22)30)18-8-4-3-5-9-18/h6-7,10-15,18,27H,2-5,8-9H2,1H3. The zero-order valence-corrected chi connectivity index (χ0v) is 19.1. The lowest BCUT2D eigenvalue weighted by Gasteiger charge is -2.29. The van der Waals surface area contributed by atoms with Crippen molar-refractivity contribution in [1.82, 2.24) is 4.90 Å². The third-order valence-electron chi connectivity index (χ3n) is 5.74. The highest BCUT2D eigenvalue weighted by Crippen LogP contribution is 2.32. The van der Waals surface area contributed by atoms with Crippen LogP contribution < -0.4 is 14.8 Å². The fourth-order valence-electron chi connectivity index (χ4n) is 4.10. The molecule has 7 nitrogen and oxygen atoms in total. The maximum absolute atomic E-state index is 12.9. The SMILES string of the molecule is CCOc1ccccc1OC(=O)c1ccc(NC2=C(Cl)C(=O)N(C3CCCCC3)C2=O)cc1. The molecule has 0 saturated heterocycles. The van der Waals surface area contributed by atoms with E-state index in [4.69, 9.17) is 21.1 Å². The summed E-state index contributed by atoms with van der Waals surface area (Å²) in [7, 11) is 0. The van der Waals surface area contributed by atoms with Gasteiger partial charge in [-0.2, -0.15) is 0 Å². The number of nitrogens with zero attached hydrogens (tertiary/aromatic N) is 1. The predicted molar refractivity (Wildman–Crippen MR) is 124 cm³/mol. The van der Waals surface area contributed by atoms with Crippen LogP contribution in [0.4, 0.5) is 5.69 Å². The molecule has 0 atom stereocenters. The summed E-state index contributed by atoms with van der Waals surface area (Å²) in [5.74, 6) is -0.583. The number of benzene rings is 2. The van der Waals surface area contributed by atoms with Crippen LogP contribution in [0.25, 0.3) is 0 Å². The number of ether oxygens (including phenoxy) is 2. The minimum Gasteiger partial charge on any atom is -0.490 e. The van der Waals surface area contributed by atoms with Crippen LogP contribution in [-0.4, -0.2) is 35.3 Å². The molecule has 2 amide bonds. The quantitative estimate of drug-likeness (QED) is 0.354. The van der Waals surface area contributed by atoms with Gasteiger partial charge < -0.3 is 14.8 Å². The van der Waals surface area contributed by atoms with E-state index in [1.807, 2.05) is 6.92 Å². The zero-order chi connectivity index (χ0) is 23.4. The number of rotatable bonds is 7. The number of para-hydroxylation sites is 2. The molecule has 1 fully saturated rings. The number of amides is 2. The molecule has 0 spiro atoms. The van der Waals surface area contributed by atoms with E-state index in [0.717, 1.165) is 32.1 Å². The Labute approximate surface area is 197 Å². The first-order chi connectivity index (χ1) is 16.0. The first kappa shape index (κ1) is 22.9. The van der Waals surface area contributed by atoms with E-state index in [0.29, 0.717) is 29.4 Å². The molecular weight excluding hydrogens is 444 g/mol. The van der Waals surface area contributed by atoms with Gasteiger partial charge in [-0.1, -0.05) is 43.0 Å². The fraction of sp³-hybridized carbons (Fsp3) is 0.320. The first-order valence-corrected chi connectivity index (χ1v) is 11.5. The second-order valence-corrected chi connectivity index (χ2v) is 8.31. The molecule has 2 aromatic carbocycles. The fourth-order valence-corrected chi connectivity index (χ4v) is 4.32. The summed E-state index contributed by atoms with van der Waals surface area (Å²) in [4.78, 5) is 39.4. The Hall–Kier alpha value is -3.32. The lowest BCUT2D eigenvalue weighted by atomic mass is 9.94. The van der Waals surface area contributed by atoms with Crippen LogP contribution in [0.1, 0.15) is 49.4 Å². The van der Waals surface area contributed by atoms with Crippen molar-refractivity contribution in [2.45, 2.75) is 45.1 Å². The van der Waals surface area contributed by atoms with E-state index < -0.39 is 17.8 Å². The van der Waals surface area contributed by atoms with Crippen LogP contribution in [0.3, 0.4) is 0 Å². The normalized spacial score (nSPS) is 16.8. The Bertz CT molecular complexity index is 1090. The summed E-state index contributed by atoms with van der Waals surface area (Å²) in [6, 6.07) is 13.2. The van der Waals surface area contributed by atoms with Gasteiger partial charge in [0, 0.05) is 11.7 Å². The van der Waals surface area contributed by atoms with Crippen LogP contribution in [-0.2, 0) is 9.59 Å². The van der Waals surface area contributed by atoms with Crippen molar-refractivity contribution < 1.29 is 23.9 Å². The predicted octanol–water partition coefficient (Wildman–Crippen LogP) is 4.87. The highest BCUT2D eigenvalue weighted by molar-refractivity contribution is 6.48. The molecule has 1 N–H and O–H groups in total. The molecule has 33 heavy (non-hydrogen) atoms. The highest BCUT2D eigenvalue weighted by atomic mass is 35.5. The Kier molecular flexibility index (Phi) is 6.99. The van der Waals surface area contributed by atoms with Gasteiger partial charge >= 0.3 is 5.97 Å². The second kappa shape index (κ2) is 10.1. The van der Waals surface area contributed by atoms with Gasteiger partial charge in [0.2, 0.25) is 0 Å². The van der Waals surface area contributed by atoms with Gasteiger partial charge in [-0.25, -0.2) is 4.79 Å². The third-order valence-corrected chi connectivity index (χ3v) is 6.09. The summed E-state index contributed by atoms with van der Waals surface area (Å²) in [6.45, 7) is 2.30. The maximum atomic E-state index is 12.9. The van der Waals surface area contributed by atoms with Gasteiger partial charge in [-0.3, -0.25) is 14.5 Å². The second-order valence-electron chi connectivity index (χ2n) is 7.93. The molecule has 0 radical (unpaired) electrons. The Morgan fingerprint density at radius 1 is 1.00 bits per heavy atom. The lowest BCUT2D eigenvalue weighted by Crippen LogP contribution is -2.42. The minimum absolute atomic E-state index is 0.0632. The molecule has 1 heterocycles. The number of imide groups is 1. The van der Waals surface area contributed by atoms with Crippen LogP contribution in [0.2, 0.25) is 0 Å². The molecule has 4 rings (SSSR count). The molecule has 2 aliphatic rings. The van der Waals surface area contributed by atoms with Gasteiger partial charge in [0.25, 0.3) is 11.8 Å².